The first kappa shape index (κ1) is 23.9. The zero-order valence-electron chi connectivity index (χ0n) is 15.6. The van der Waals surface area contributed by atoms with E-state index in [2.05, 4.69) is 36.4 Å². The van der Waals surface area contributed by atoms with Crippen LogP contribution >= 0.6 is 24.0 Å². The quantitative estimate of drug-likeness (QED) is 0.266. The minimum absolute atomic E-state index is 0. The Morgan fingerprint density at radius 1 is 1.29 bits per heavy atom. The molecule has 0 aromatic rings. The molecule has 144 valence electrons. The Morgan fingerprint density at radius 2 is 1.96 bits per heavy atom. The van der Waals surface area contributed by atoms with E-state index in [1.165, 1.54) is 6.26 Å². The van der Waals surface area contributed by atoms with E-state index in [0.29, 0.717) is 18.9 Å². The number of guanidine groups is 1. The van der Waals surface area contributed by atoms with Gasteiger partial charge in [-0.15, -0.1) is 24.0 Å². The van der Waals surface area contributed by atoms with Crippen LogP contribution in [0.15, 0.2) is 4.99 Å². The van der Waals surface area contributed by atoms with Gasteiger partial charge in [-0.05, 0) is 24.7 Å². The van der Waals surface area contributed by atoms with E-state index in [1.807, 2.05) is 0 Å². The molecule has 1 saturated heterocycles. The van der Waals surface area contributed by atoms with Gasteiger partial charge in [-0.3, -0.25) is 4.99 Å². The molecule has 1 aliphatic rings. The summed E-state index contributed by atoms with van der Waals surface area (Å²) < 4.78 is 28.2. The first-order valence-electron chi connectivity index (χ1n) is 8.37. The highest BCUT2D eigenvalue weighted by Gasteiger charge is 2.35. The van der Waals surface area contributed by atoms with Crippen molar-refractivity contribution in [1.82, 2.24) is 10.6 Å². The molecule has 0 aromatic carbocycles. The second-order valence-corrected chi connectivity index (χ2v) is 9.68. The number of nitrogens with zero attached hydrogens (tertiary/aromatic N) is 1. The molecule has 1 aliphatic heterocycles. The molecule has 2 N–H and O–H groups in total. The summed E-state index contributed by atoms with van der Waals surface area (Å²) in [5, 5.41) is 6.52. The van der Waals surface area contributed by atoms with Gasteiger partial charge in [0.15, 0.2) is 5.96 Å². The van der Waals surface area contributed by atoms with Crippen molar-refractivity contribution in [1.29, 1.82) is 0 Å². The molecule has 8 heteroatoms. The third-order valence-corrected chi connectivity index (χ3v) is 5.07. The zero-order chi connectivity index (χ0) is 17.5. The molecule has 1 heterocycles. The number of hydrogen-bond donors (Lipinski definition) is 2. The smallest absolute Gasteiger partial charge is 0.190 e. The molecule has 0 aromatic heterocycles. The van der Waals surface area contributed by atoms with Crippen LogP contribution < -0.4 is 10.6 Å². The lowest BCUT2D eigenvalue weighted by Gasteiger charge is -2.40. The van der Waals surface area contributed by atoms with Crippen LogP contribution in [0, 0.1) is 11.3 Å². The molecule has 2 atom stereocenters. The molecule has 0 radical (unpaired) electrons. The fourth-order valence-corrected chi connectivity index (χ4v) is 3.67. The van der Waals surface area contributed by atoms with Gasteiger partial charge in [0.25, 0.3) is 0 Å². The lowest BCUT2D eigenvalue weighted by atomic mass is 9.78. The van der Waals surface area contributed by atoms with Crippen molar-refractivity contribution < 1.29 is 13.2 Å². The van der Waals surface area contributed by atoms with Crippen molar-refractivity contribution in [2.75, 3.05) is 38.8 Å². The predicted octanol–water partition coefficient (Wildman–Crippen LogP) is 2.05. The summed E-state index contributed by atoms with van der Waals surface area (Å²) >= 11 is 0. The number of aliphatic imine (C=N–C) groups is 1. The number of halogens is 1. The molecule has 24 heavy (non-hydrogen) atoms. The van der Waals surface area contributed by atoms with Crippen LogP contribution in [0.5, 0.6) is 0 Å². The van der Waals surface area contributed by atoms with E-state index in [-0.39, 0.29) is 41.2 Å². The van der Waals surface area contributed by atoms with Crippen LogP contribution in [0.1, 0.15) is 40.0 Å². The maximum absolute atomic E-state index is 11.1. The van der Waals surface area contributed by atoms with Gasteiger partial charge < -0.3 is 15.4 Å². The molecule has 0 bridgehead atoms. The van der Waals surface area contributed by atoms with Crippen molar-refractivity contribution in [3.05, 3.63) is 0 Å². The van der Waals surface area contributed by atoms with Gasteiger partial charge in [0.1, 0.15) is 9.84 Å². The van der Waals surface area contributed by atoms with E-state index < -0.39 is 9.84 Å². The Kier molecular flexibility index (Phi) is 10.8. The van der Waals surface area contributed by atoms with Gasteiger partial charge in [0.05, 0.1) is 11.9 Å². The van der Waals surface area contributed by atoms with Crippen molar-refractivity contribution >= 4 is 39.8 Å². The summed E-state index contributed by atoms with van der Waals surface area (Å²) in [4.78, 5) is 4.20. The molecule has 0 amide bonds. The van der Waals surface area contributed by atoms with Crippen molar-refractivity contribution in [3.63, 3.8) is 0 Å². The SMILES string of the molecule is CN=C(NCCCS(C)(=O)=O)NCC1CCCOC1C(C)(C)C.I. The van der Waals surface area contributed by atoms with Gasteiger partial charge in [-0.25, -0.2) is 8.42 Å². The molecule has 0 spiro atoms. The summed E-state index contributed by atoms with van der Waals surface area (Å²) in [5.74, 6) is 1.37. The second-order valence-electron chi connectivity index (χ2n) is 7.42. The van der Waals surface area contributed by atoms with Gasteiger partial charge >= 0.3 is 0 Å². The lowest BCUT2D eigenvalue weighted by Crippen LogP contribution is -2.47. The number of rotatable bonds is 6. The summed E-state index contributed by atoms with van der Waals surface area (Å²) in [6.07, 6.45) is 4.33. The van der Waals surface area contributed by atoms with Gasteiger partial charge in [0.2, 0.25) is 0 Å². The summed E-state index contributed by atoms with van der Waals surface area (Å²) in [7, 11) is -1.17. The fraction of sp³-hybridized carbons (Fsp3) is 0.938. The zero-order valence-corrected chi connectivity index (χ0v) is 18.7. The minimum atomic E-state index is -2.90. The average Bonchev–Trinajstić information content (AvgIpc) is 2.45. The highest BCUT2D eigenvalue weighted by molar-refractivity contribution is 14.0. The topological polar surface area (TPSA) is 79.8 Å². The van der Waals surface area contributed by atoms with E-state index >= 15 is 0 Å². The molecule has 0 saturated carbocycles. The van der Waals surface area contributed by atoms with Crippen LogP contribution in [0.25, 0.3) is 0 Å². The monoisotopic (exact) mass is 475 g/mol. The van der Waals surface area contributed by atoms with E-state index in [0.717, 1.165) is 32.0 Å². The van der Waals surface area contributed by atoms with Crippen molar-refractivity contribution in [2.45, 2.75) is 46.1 Å². The average molecular weight is 475 g/mol. The Bertz CT molecular complexity index is 489. The van der Waals surface area contributed by atoms with Gasteiger partial charge in [-0.1, -0.05) is 20.8 Å². The maximum Gasteiger partial charge on any atom is 0.190 e. The van der Waals surface area contributed by atoms with Gasteiger partial charge in [-0.2, -0.15) is 0 Å². The Hall–Kier alpha value is -0.0900. The Balaban J connectivity index is 0.00000529. The molecule has 1 fully saturated rings. The highest BCUT2D eigenvalue weighted by Crippen LogP contribution is 2.33. The highest BCUT2D eigenvalue weighted by atomic mass is 127. The number of sulfone groups is 1. The number of nitrogens with one attached hydrogen (secondary N) is 2. The van der Waals surface area contributed by atoms with E-state index in [1.54, 1.807) is 7.05 Å². The van der Waals surface area contributed by atoms with Gasteiger partial charge in [0, 0.05) is 38.9 Å². The molecule has 0 aliphatic carbocycles. The van der Waals surface area contributed by atoms with Crippen molar-refractivity contribution in [3.8, 4) is 0 Å². The summed E-state index contributed by atoms with van der Waals surface area (Å²) in [6.45, 7) is 8.90. The number of ether oxygens (including phenoxy) is 1. The molecular weight excluding hydrogens is 441 g/mol. The molecular formula is C16H34IN3O3S. The Morgan fingerprint density at radius 3 is 2.50 bits per heavy atom. The summed E-state index contributed by atoms with van der Waals surface area (Å²) in [5.41, 5.74) is 0.124. The second kappa shape index (κ2) is 10.8. The first-order valence-corrected chi connectivity index (χ1v) is 10.4. The van der Waals surface area contributed by atoms with E-state index in [4.69, 9.17) is 4.74 Å². The normalized spacial score (nSPS) is 22.6. The van der Waals surface area contributed by atoms with Crippen LogP contribution in [0.4, 0.5) is 0 Å². The third kappa shape index (κ3) is 9.41. The molecule has 1 rings (SSSR count). The lowest BCUT2D eigenvalue weighted by molar-refractivity contribution is -0.0835. The minimum Gasteiger partial charge on any atom is -0.377 e. The van der Waals surface area contributed by atoms with Crippen LogP contribution in [-0.2, 0) is 14.6 Å². The van der Waals surface area contributed by atoms with E-state index in [9.17, 15) is 8.42 Å². The third-order valence-electron chi connectivity index (χ3n) is 4.04. The van der Waals surface area contributed by atoms with Crippen LogP contribution in [0.2, 0.25) is 0 Å². The fourth-order valence-electron chi connectivity index (χ4n) is 3.00. The maximum atomic E-state index is 11.1. The predicted molar refractivity (Wildman–Crippen MR) is 111 cm³/mol. The number of hydrogen-bond acceptors (Lipinski definition) is 4. The Labute approximate surface area is 164 Å². The van der Waals surface area contributed by atoms with Crippen LogP contribution in [0.3, 0.4) is 0 Å². The standard InChI is InChI=1S/C16H33N3O3S.HI/c1-16(2,3)14-13(8-6-10-22-14)12-19-15(17-4)18-9-7-11-23(5,20)21;/h13-14H,6-12H2,1-5H3,(H2,17,18,19);1H. The van der Waals surface area contributed by atoms with Crippen molar-refractivity contribution in [2.24, 2.45) is 16.3 Å². The largest absolute Gasteiger partial charge is 0.377 e. The van der Waals surface area contributed by atoms with Crippen LogP contribution in [-0.4, -0.2) is 59.2 Å². The summed E-state index contributed by atoms with van der Waals surface area (Å²) in [6, 6.07) is 0. The molecule has 2 unspecified atom stereocenters. The molecule has 6 nitrogen and oxygen atoms in total. The first-order chi connectivity index (χ1) is 10.6.